The second-order valence-electron chi connectivity index (χ2n) is 5.16. The molecule has 3 rings (SSSR count). The average Bonchev–Trinajstić information content (AvgIpc) is 3.05. The molecule has 1 atom stereocenters. The number of aliphatic hydroxyl groups excluding tert-OH is 1. The molecule has 0 amide bonds. The molecule has 0 fully saturated rings. The van der Waals surface area contributed by atoms with E-state index < -0.39 is 11.0 Å². The molecule has 0 aliphatic rings. The standard InChI is InChI=1S/C16H14N2O5S/c19-11(10-23-14-4-2-1-3-13(14)18(21)22)9-17-7-5-15-12(16(17)20)6-8-24-15/h1-8,11,19H,9-10H2. The lowest BCUT2D eigenvalue weighted by atomic mass is 10.3. The van der Waals surface area contributed by atoms with Crippen LogP contribution in [0.5, 0.6) is 5.75 Å². The summed E-state index contributed by atoms with van der Waals surface area (Å²) in [5.41, 5.74) is -0.347. The fourth-order valence-electron chi connectivity index (χ4n) is 2.35. The zero-order chi connectivity index (χ0) is 17.1. The normalized spacial score (nSPS) is 12.2. The van der Waals surface area contributed by atoms with E-state index in [0.717, 1.165) is 4.70 Å². The minimum absolute atomic E-state index is 0.0469. The lowest BCUT2D eigenvalue weighted by Crippen LogP contribution is -2.29. The highest BCUT2D eigenvalue weighted by Gasteiger charge is 2.16. The van der Waals surface area contributed by atoms with Crippen LogP contribution in [0.3, 0.4) is 0 Å². The maximum atomic E-state index is 12.3. The zero-order valence-electron chi connectivity index (χ0n) is 12.5. The van der Waals surface area contributed by atoms with Gasteiger partial charge in [-0.1, -0.05) is 12.1 Å². The van der Waals surface area contributed by atoms with Gasteiger partial charge in [0, 0.05) is 17.0 Å². The van der Waals surface area contributed by atoms with Crippen molar-refractivity contribution in [2.75, 3.05) is 6.61 Å². The number of nitrogens with zero attached hydrogens (tertiary/aromatic N) is 2. The Morgan fingerprint density at radius 1 is 1.29 bits per heavy atom. The van der Waals surface area contributed by atoms with Gasteiger partial charge < -0.3 is 14.4 Å². The van der Waals surface area contributed by atoms with Crippen LogP contribution >= 0.6 is 11.3 Å². The first-order chi connectivity index (χ1) is 11.6. The molecule has 0 spiro atoms. The third kappa shape index (κ3) is 3.29. The molecule has 24 heavy (non-hydrogen) atoms. The van der Waals surface area contributed by atoms with Crippen LogP contribution in [0.2, 0.25) is 0 Å². The Kier molecular flexibility index (Phi) is 4.59. The number of hydrogen-bond donors (Lipinski definition) is 1. The number of hydrogen-bond acceptors (Lipinski definition) is 6. The number of aliphatic hydroxyl groups is 1. The van der Waals surface area contributed by atoms with Crippen LogP contribution in [0.1, 0.15) is 0 Å². The molecule has 1 aromatic carbocycles. The van der Waals surface area contributed by atoms with E-state index in [4.69, 9.17) is 4.74 Å². The third-order valence-corrected chi connectivity index (χ3v) is 4.38. The van der Waals surface area contributed by atoms with Gasteiger partial charge in [0.25, 0.3) is 5.56 Å². The number of fused-ring (bicyclic) bond motifs is 1. The number of thiophene rings is 1. The van der Waals surface area contributed by atoms with Crippen LogP contribution in [0.4, 0.5) is 5.69 Å². The largest absolute Gasteiger partial charge is 0.484 e. The molecule has 1 unspecified atom stereocenters. The summed E-state index contributed by atoms with van der Waals surface area (Å²) in [6, 6.07) is 9.51. The minimum Gasteiger partial charge on any atom is -0.484 e. The number of aromatic nitrogens is 1. The van der Waals surface area contributed by atoms with Crippen molar-refractivity contribution in [1.29, 1.82) is 0 Å². The first-order valence-electron chi connectivity index (χ1n) is 7.17. The predicted octanol–water partition coefficient (Wildman–Crippen LogP) is 2.41. The quantitative estimate of drug-likeness (QED) is 0.546. The van der Waals surface area contributed by atoms with Crippen molar-refractivity contribution >= 4 is 27.1 Å². The predicted molar refractivity (Wildman–Crippen MR) is 90.7 cm³/mol. The summed E-state index contributed by atoms with van der Waals surface area (Å²) in [5, 5.41) is 23.5. The van der Waals surface area contributed by atoms with E-state index in [1.165, 1.54) is 34.1 Å². The van der Waals surface area contributed by atoms with Gasteiger partial charge in [-0.25, -0.2) is 0 Å². The van der Waals surface area contributed by atoms with Gasteiger partial charge in [0.15, 0.2) is 5.75 Å². The second kappa shape index (κ2) is 6.81. The summed E-state index contributed by atoms with van der Waals surface area (Å²) in [6.07, 6.45) is 0.647. The Bertz CT molecular complexity index is 933. The van der Waals surface area contributed by atoms with Crippen LogP contribution < -0.4 is 10.3 Å². The molecule has 0 bridgehead atoms. The van der Waals surface area contributed by atoms with E-state index in [9.17, 15) is 20.0 Å². The molecule has 0 saturated heterocycles. The highest BCUT2D eigenvalue weighted by molar-refractivity contribution is 7.17. The smallest absolute Gasteiger partial charge is 0.310 e. The fourth-order valence-corrected chi connectivity index (χ4v) is 3.12. The van der Waals surface area contributed by atoms with Crippen molar-refractivity contribution in [2.45, 2.75) is 12.6 Å². The summed E-state index contributed by atoms with van der Waals surface area (Å²) in [5.74, 6) is 0.0854. The second-order valence-corrected chi connectivity index (χ2v) is 6.11. The molecular weight excluding hydrogens is 332 g/mol. The van der Waals surface area contributed by atoms with Gasteiger partial charge in [-0.05, 0) is 23.6 Å². The van der Waals surface area contributed by atoms with E-state index in [0.29, 0.717) is 5.39 Å². The number of para-hydroxylation sites is 2. The minimum atomic E-state index is -0.974. The molecule has 7 nitrogen and oxygen atoms in total. The van der Waals surface area contributed by atoms with Crippen LogP contribution in [0, 0.1) is 10.1 Å². The van der Waals surface area contributed by atoms with E-state index in [-0.39, 0.29) is 30.1 Å². The lowest BCUT2D eigenvalue weighted by molar-refractivity contribution is -0.385. The number of nitro groups is 1. The summed E-state index contributed by atoms with van der Waals surface area (Å²) >= 11 is 1.48. The maximum Gasteiger partial charge on any atom is 0.310 e. The number of nitro benzene ring substituents is 1. The van der Waals surface area contributed by atoms with Gasteiger partial charge in [-0.15, -0.1) is 11.3 Å². The van der Waals surface area contributed by atoms with Gasteiger partial charge in [0.05, 0.1) is 16.9 Å². The van der Waals surface area contributed by atoms with Gasteiger partial charge in [-0.3, -0.25) is 14.9 Å². The van der Waals surface area contributed by atoms with Crippen LogP contribution in [0.15, 0.2) is 52.8 Å². The molecule has 8 heteroatoms. The summed E-state index contributed by atoms with van der Waals surface area (Å²) in [6.45, 7) is -0.107. The Labute approximate surface area is 140 Å². The molecule has 124 valence electrons. The topological polar surface area (TPSA) is 94.6 Å². The molecular formula is C16H14N2O5S. The van der Waals surface area contributed by atoms with Crippen molar-refractivity contribution in [1.82, 2.24) is 4.57 Å². The van der Waals surface area contributed by atoms with Gasteiger partial charge in [0.1, 0.15) is 12.7 Å². The Morgan fingerprint density at radius 3 is 2.88 bits per heavy atom. The first kappa shape index (κ1) is 16.2. The van der Waals surface area contributed by atoms with Crippen LogP contribution in [-0.2, 0) is 6.54 Å². The Hall–Kier alpha value is -2.71. The number of rotatable bonds is 6. The van der Waals surface area contributed by atoms with E-state index in [2.05, 4.69) is 0 Å². The molecule has 3 aromatic rings. The molecule has 0 aliphatic carbocycles. The number of benzene rings is 1. The van der Waals surface area contributed by atoms with E-state index >= 15 is 0 Å². The fraction of sp³-hybridized carbons (Fsp3) is 0.188. The van der Waals surface area contributed by atoms with Crippen LogP contribution in [0.25, 0.3) is 10.1 Å². The molecule has 1 N–H and O–H groups in total. The maximum absolute atomic E-state index is 12.3. The summed E-state index contributed by atoms with van der Waals surface area (Å²) < 4.78 is 7.64. The van der Waals surface area contributed by atoms with Gasteiger partial charge in [-0.2, -0.15) is 0 Å². The monoisotopic (exact) mass is 346 g/mol. The van der Waals surface area contributed by atoms with Crippen molar-refractivity contribution in [3.05, 3.63) is 68.4 Å². The van der Waals surface area contributed by atoms with Crippen molar-refractivity contribution in [3.63, 3.8) is 0 Å². The van der Waals surface area contributed by atoms with Gasteiger partial charge in [0.2, 0.25) is 0 Å². The lowest BCUT2D eigenvalue weighted by Gasteiger charge is -2.14. The molecule has 0 radical (unpaired) electrons. The molecule has 2 aromatic heterocycles. The highest BCUT2D eigenvalue weighted by atomic mass is 32.1. The molecule has 0 aliphatic heterocycles. The zero-order valence-corrected chi connectivity index (χ0v) is 13.3. The SMILES string of the molecule is O=c1c2ccsc2ccn1CC(O)COc1ccccc1[N+](=O)[O-]. The van der Waals surface area contributed by atoms with Crippen LogP contribution in [-0.4, -0.2) is 27.3 Å². The Morgan fingerprint density at radius 2 is 2.08 bits per heavy atom. The van der Waals surface area contributed by atoms with Crippen molar-refractivity contribution < 1.29 is 14.8 Å². The third-order valence-electron chi connectivity index (χ3n) is 3.49. The van der Waals surface area contributed by atoms with E-state index in [1.54, 1.807) is 18.3 Å². The molecule has 2 heterocycles. The number of pyridine rings is 1. The summed E-state index contributed by atoms with van der Waals surface area (Å²) in [4.78, 5) is 22.6. The van der Waals surface area contributed by atoms with Crippen molar-refractivity contribution in [2.24, 2.45) is 0 Å². The van der Waals surface area contributed by atoms with Gasteiger partial charge >= 0.3 is 5.69 Å². The first-order valence-corrected chi connectivity index (χ1v) is 8.05. The summed E-state index contributed by atoms with van der Waals surface area (Å²) in [7, 11) is 0. The van der Waals surface area contributed by atoms with E-state index in [1.807, 2.05) is 11.4 Å². The average molecular weight is 346 g/mol. The van der Waals surface area contributed by atoms with Crippen molar-refractivity contribution in [3.8, 4) is 5.75 Å². The Balaban J connectivity index is 1.69. The molecule has 0 saturated carbocycles. The highest BCUT2D eigenvalue weighted by Crippen LogP contribution is 2.25. The number of ether oxygens (including phenoxy) is 1.